The van der Waals surface area contributed by atoms with E-state index in [1.165, 1.54) is 11.6 Å². The molecular formula is C19H20F3N5O. The van der Waals surface area contributed by atoms with Crippen molar-refractivity contribution >= 4 is 11.7 Å². The molecule has 0 bridgehead atoms. The van der Waals surface area contributed by atoms with Crippen molar-refractivity contribution in [2.45, 2.75) is 39.5 Å². The van der Waals surface area contributed by atoms with Gasteiger partial charge < -0.3 is 5.32 Å². The Hall–Kier alpha value is -3.10. The Morgan fingerprint density at radius 3 is 2.36 bits per heavy atom. The van der Waals surface area contributed by atoms with Crippen LogP contribution in [-0.4, -0.2) is 25.5 Å². The smallest absolute Gasteiger partial charge is 0.309 e. The topological polar surface area (TPSA) is 64.7 Å². The Bertz CT molecular complexity index is 960. The third-order valence-electron chi connectivity index (χ3n) is 4.25. The first-order valence-corrected chi connectivity index (χ1v) is 8.72. The summed E-state index contributed by atoms with van der Waals surface area (Å²) in [6.07, 6.45) is -4.51. The highest BCUT2D eigenvalue weighted by Gasteiger charge is 2.34. The SMILES string of the molecule is Cc1cc(NC(=O)CCn2nc(C(F)(F)F)cc2C)nn1Cc1ccccc1. The maximum Gasteiger partial charge on any atom is 0.435 e. The number of nitrogens with one attached hydrogen (secondary N) is 1. The largest absolute Gasteiger partial charge is 0.435 e. The number of alkyl halides is 3. The zero-order valence-corrected chi connectivity index (χ0v) is 15.5. The van der Waals surface area contributed by atoms with Crippen LogP contribution in [0.4, 0.5) is 19.0 Å². The normalized spacial score (nSPS) is 11.6. The molecule has 0 saturated carbocycles. The molecule has 2 aromatic heterocycles. The van der Waals surface area contributed by atoms with Crippen LogP contribution in [0.5, 0.6) is 0 Å². The van der Waals surface area contributed by atoms with E-state index in [0.717, 1.165) is 17.3 Å². The first-order valence-electron chi connectivity index (χ1n) is 8.72. The molecule has 148 valence electrons. The van der Waals surface area contributed by atoms with Crippen molar-refractivity contribution < 1.29 is 18.0 Å². The van der Waals surface area contributed by atoms with Crippen molar-refractivity contribution in [3.8, 4) is 0 Å². The average molecular weight is 391 g/mol. The summed E-state index contributed by atoms with van der Waals surface area (Å²) in [6, 6.07) is 12.5. The Morgan fingerprint density at radius 2 is 1.71 bits per heavy atom. The molecule has 0 radical (unpaired) electrons. The maximum absolute atomic E-state index is 12.7. The van der Waals surface area contributed by atoms with Gasteiger partial charge in [0.1, 0.15) is 0 Å². The molecule has 1 aromatic carbocycles. The number of carbonyl (C=O) groups is 1. The Kier molecular flexibility index (Phi) is 5.53. The molecule has 6 nitrogen and oxygen atoms in total. The highest BCUT2D eigenvalue weighted by molar-refractivity contribution is 5.89. The van der Waals surface area contributed by atoms with Crippen LogP contribution >= 0.6 is 0 Å². The summed E-state index contributed by atoms with van der Waals surface area (Å²) in [5, 5.41) is 10.6. The van der Waals surface area contributed by atoms with Gasteiger partial charge in [0.15, 0.2) is 11.5 Å². The number of amides is 1. The fourth-order valence-corrected chi connectivity index (χ4v) is 2.78. The fraction of sp³-hybridized carbons (Fsp3) is 0.316. The Balaban J connectivity index is 1.58. The monoisotopic (exact) mass is 391 g/mol. The van der Waals surface area contributed by atoms with Gasteiger partial charge in [-0.25, -0.2) is 0 Å². The third kappa shape index (κ3) is 4.79. The lowest BCUT2D eigenvalue weighted by molar-refractivity contribution is -0.141. The van der Waals surface area contributed by atoms with Crippen molar-refractivity contribution in [2.24, 2.45) is 0 Å². The van der Waals surface area contributed by atoms with Gasteiger partial charge in [-0.2, -0.15) is 23.4 Å². The quantitative estimate of drug-likeness (QED) is 0.695. The van der Waals surface area contributed by atoms with Gasteiger partial charge in [-0.05, 0) is 25.5 Å². The molecule has 0 unspecified atom stereocenters. The standard InChI is InChI=1S/C19H20F3N5O/c1-13-10-16(19(20,21)22)24-26(13)9-8-18(28)23-17-11-14(2)27(25-17)12-15-6-4-3-5-7-15/h3-7,10-11H,8-9,12H2,1-2H3,(H,23,25,28). The molecule has 1 N–H and O–H groups in total. The van der Waals surface area contributed by atoms with E-state index >= 15 is 0 Å². The van der Waals surface area contributed by atoms with E-state index in [1.807, 2.05) is 37.3 Å². The second-order valence-electron chi connectivity index (χ2n) is 6.50. The van der Waals surface area contributed by atoms with Crippen LogP contribution in [0.15, 0.2) is 42.5 Å². The number of rotatable bonds is 6. The van der Waals surface area contributed by atoms with Gasteiger partial charge in [0.25, 0.3) is 0 Å². The van der Waals surface area contributed by atoms with Crippen molar-refractivity contribution in [3.63, 3.8) is 0 Å². The van der Waals surface area contributed by atoms with Gasteiger partial charge in [-0.15, -0.1) is 0 Å². The van der Waals surface area contributed by atoms with Crippen molar-refractivity contribution in [3.05, 3.63) is 65.1 Å². The predicted molar refractivity (Wildman–Crippen MR) is 97.7 cm³/mol. The van der Waals surface area contributed by atoms with Crippen LogP contribution in [-0.2, 0) is 24.1 Å². The highest BCUT2D eigenvalue weighted by atomic mass is 19.4. The molecule has 0 aliphatic rings. The minimum Gasteiger partial charge on any atom is -0.309 e. The summed E-state index contributed by atoms with van der Waals surface area (Å²) in [5.41, 5.74) is 1.36. The molecule has 3 rings (SSSR count). The van der Waals surface area contributed by atoms with E-state index in [-0.39, 0.29) is 18.9 Å². The lowest BCUT2D eigenvalue weighted by Crippen LogP contribution is -2.16. The molecule has 28 heavy (non-hydrogen) atoms. The first-order chi connectivity index (χ1) is 13.2. The molecule has 0 saturated heterocycles. The van der Waals surface area contributed by atoms with Crippen LogP contribution in [0.3, 0.4) is 0 Å². The second kappa shape index (κ2) is 7.87. The summed E-state index contributed by atoms with van der Waals surface area (Å²) in [7, 11) is 0. The molecular weight excluding hydrogens is 371 g/mol. The summed E-state index contributed by atoms with van der Waals surface area (Å²) in [5.74, 6) is 0.0689. The minimum absolute atomic E-state index is 0.00951. The lowest BCUT2D eigenvalue weighted by atomic mass is 10.2. The zero-order valence-electron chi connectivity index (χ0n) is 15.5. The van der Waals surface area contributed by atoms with E-state index < -0.39 is 11.9 Å². The van der Waals surface area contributed by atoms with Crippen molar-refractivity contribution in [2.75, 3.05) is 5.32 Å². The number of aryl methyl sites for hydroxylation is 3. The molecule has 0 aliphatic heterocycles. The predicted octanol–water partition coefficient (Wildman–Crippen LogP) is 3.79. The first kappa shape index (κ1) is 19.7. The Labute approximate surface area is 160 Å². The molecule has 1 amide bonds. The average Bonchev–Trinajstić information content (AvgIpc) is 3.16. The van der Waals surface area contributed by atoms with Gasteiger partial charge in [0.2, 0.25) is 5.91 Å². The molecule has 2 heterocycles. The molecule has 0 atom stereocenters. The summed E-state index contributed by atoms with van der Waals surface area (Å²) < 4.78 is 41.1. The molecule has 0 spiro atoms. The molecule has 3 aromatic rings. The van der Waals surface area contributed by atoms with Gasteiger partial charge in [0, 0.05) is 30.4 Å². The van der Waals surface area contributed by atoms with E-state index in [9.17, 15) is 18.0 Å². The number of hydrogen-bond donors (Lipinski definition) is 1. The number of halogens is 3. The number of hydrogen-bond acceptors (Lipinski definition) is 3. The van der Waals surface area contributed by atoms with Crippen LogP contribution in [0.2, 0.25) is 0 Å². The molecule has 0 fully saturated rings. The molecule has 9 heteroatoms. The summed E-state index contributed by atoms with van der Waals surface area (Å²) in [4.78, 5) is 12.2. The summed E-state index contributed by atoms with van der Waals surface area (Å²) >= 11 is 0. The summed E-state index contributed by atoms with van der Waals surface area (Å²) in [6.45, 7) is 4.04. The van der Waals surface area contributed by atoms with Crippen LogP contribution in [0, 0.1) is 13.8 Å². The van der Waals surface area contributed by atoms with E-state index in [4.69, 9.17) is 0 Å². The number of aromatic nitrogens is 4. The second-order valence-corrected chi connectivity index (χ2v) is 6.50. The number of anilines is 1. The maximum atomic E-state index is 12.7. The van der Waals surface area contributed by atoms with E-state index in [1.54, 1.807) is 10.7 Å². The number of nitrogens with zero attached hydrogens (tertiary/aromatic N) is 4. The van der Waals surface area contributed by atoms with E-state index in [0.29, 0.717) is 18.1 Å². The zero-order chi connectivity index (χ0) is 20.3. The van der Waals surface area contributed by atoms with Crippen molar-refractivity contribution in [1.29, 1.82) is 0 Å². The molecule has 0 aliphatic carbocycles. The van der Waals surface area contributed by atoms with E-state index in [2.05, 4.69) is 15.5 Å². The Morgan fingerprint density at radius 1 is 1.04 bits per heavy atom. The third-order valence-corrected chi connectivity index (χ3v) is 4.25. The number of benzene rings is 1. The van der Waals surface area contributed by atoms with Gasteiger partial charge in [-0.1, -0.05) is 30.3 Å². The van der Waals surface area contributed by atoms with Crippen LogP contribution < -0.4 is 5.32 Å². The van der Waals surface area contributed by atoms with Crippen molar-refractivity contribution in [1.82, 2.24) is 19.6 Å². The minimum atomic E-state index is -4.50. The van der Waals surface area contributed by atoms with Crippen LogP contribution in [0.25, 0.3) is 0 Å². The lowest BCUT2D eigenvalue weighted by Gasteiger charge is -2.06. The van der Waals surface area contributed by atoms with Gasteiger partial charge >= 0.3 is 6.18 Å². The highest BCUT2D eigenvalue weighted by Crippen LogP contribution is 2.28. The van der Waals surface area contributed by atoms with Gasteiger partial charge in [-0.3, -0.25) is 14.2 Å². The number of carbonyl (C=O) groups excluding carboxylic acids is 1. The fourth-order valence-electron chi connectivity index (χ4n) is 2.78. The van der Waals surface area contributed by atoms with Crippen LogP contribution in [0.1, 0.15) is 29.1 Å². The van der Waals surface area contributed by atoms with Gasteiger partial charge in [0.05, 0.1) is 6.54 Å².